The van der Waals surface area contributed by atoms with Crippen LogP contribution in [0, 0.1) is 12.8 Å². The minimum atomic E-state index is -0.368. The molecule has 8 nitrogen and oxygen atoms in total. The quantitative estimate of drug-likeness (QED) is 0.640. The lowest BCUT2D eigenvalue weighted by Gasteiger charge is -2.08. The van der Waals surface area contributed by atoms with Crippen molar-refractivity contribution >= 4 is 35.3 Å². The van der Waals surface area contributed by atoms with Gasteiger partial charge in [0.15, 0.2) is 5.82 Å². The maximum atomic E-state index is 11.6. The molecule has 0 fully saturated rings. The van der Waals surface area contributed by atoms with E-state index in [1.807, 2.05) is 13.8 Å². The van der Waals surface area contributed by atoms with E-state index in [2.05, 4.69) is 21.3 Å². The summed E-state index contributed by atoms with van der Waals surface area (Å²) >= 11 is 1.13. The highest BCUT2D eigenvalue weighted by Crippen LogP contribution is 2.08. The maximum absolute atomic E-state index is 11.6. The van der Waals surface area contributed by atoms with Gasteiger partial charge in [0, 0.05) is 12.5 Å². The molecule has 1 heterocycles. The van der Waals surface area contributed by atoms with Crippen LogP contribution >= 0.6 is 11.8 Å². The van der Waals surface area contributed by atoms with Gasteiger partial charge in [0.05, 0.1) is 11.5 Å². The SMILES string of the molecule is Cc1cc(NC(=O)CSCC(=O)NNC(=O)CC(C)C)no1. The third kappa shape index (κ3) is 7.67. The number of nitrogens with one attached hydrogen (secondary N) is 3. The molecule has 0 bridgehead atoms. The maximum Gasteiger partial charge on any atom is 0.248 e. The Labute approximate surface area is 132 Å². The zero-order valence-corrected chi connectivity index (χ0v) is 13.6. The first-order valence-electron chi connectivity index (χ1n) is 6.75. The highest BCUT2D eigenvalue weighted by molar-refractivity contribution is 8.00. The van der Waals surface area contributed by atoms with E-state index in [-0.39, 0.29) is 35.1 Å². The summed E-state index contributed by atoms with van der Waals surface area (Å²) in [5, 5.41) is 6.17. The van der Waals surface area contributed by atoms with E-state index in [9.17, 15) is 14.4 Å². The first-order valence-corrected chi connectivity index (χ1v) is 7.91. The van der Waals surface area contributed by atoms with Crippen molar-refractivity contribution in [3.63, 3.8) is 0 Å². The lowest BCUT2D eigenvalue weighted by atomic mass is 10.1. The second-order valence-electron chi connectivity index (χ2n) is 5.06. The van der Waals surface area contributed by atoms with E-state index in [1.165, 1.54) is 0 Å². The van der Waals surface area contributed by atoms with Crippen molar-refractivity contribution in [3.05, 3.63) is 11.8 Å². The molecule has 9 heteroatoms. The van der Waals surface area contributed by atoms with Crippen LogP contribution < -0.4 is 16.2 Å². The number of anilines is 1. The van der Waals surface area contributed by atoms with Crippen LogP contribution in [0.25, 0.3) is 0 Å². The van der Waals surface area contributed by atoms with Crippen molar-refractivity contribution in [2.24, 2.45) is 5.92 Å². The highest BCUT2D eigenvalue weighted by Gasteiger charge is 2.09. The van der Waals surface area contributed by atoms with Gasteiger partial charge in [-0.2, -0.15) is 0 Å². The van der Waals surface area contributed by atoms with E-state index >= 15 is 0 Å². The van der Waals surface area contributed by atoms with Gasteiger partial charge in [0.1, 0.15) is 5.76 Å². The van der Waals surface area contributed by atoms with E-state index in [0.29, 0.717) is 18.0 Å². The van der Waals surface area contributed by atoms with Gasteiger partial charge in [0.25, 0.3) is 0 Å². The van der Waals surface area contributed by atoms with Crippen LogP contribution in [0.5, 0.6) is 0 Å². The normalized spacial score (nSPS) is 10.4. The third-order valence-corrected chi connectivity index (χ3v) is 3.23. The number of aromatic nitrogens is 1. The molecule has 0 aromatic carbocycles. The van der Waals surface area contributed by atoms with Crippen molar-refractivity contribution in [2.45, 2.75) is 27.2 Å². The van der Waals surface area contributed by atoms with Crippen LogP contribution in [0.4, 0.5) is 5.82 Å². The van der Waals surface area contributed by atoms with E-state index in [1.54, 1.807) is 13.0 Å². The van der Waals surface area contributed by atoms with E-state index in [0.717, 1.165) is 11.8 Å². The molecule has 0 saturated heterocycles. The second-order valence-corrected chi connectivity index (χ2v) is 6.04. The largest absolute Gasteiger partial charge is 0.360 e. The van der Waals surface area contributed by atoms with Crippen LogP contribution in [0.1, 0.15) is 26.0 Å². The van der Waals surface area contributed by atoms with Gasteiger partial charge < -0.3 is 9.84 Å². The van der Waals surface area contributed by atoms with Gasteiger partial charge >= 0.3 is 0 Å². The molecule has 22 heavy (non-hydrogen) atoms. The number of thioether (sulfide) groups is 1. The van der Waals surface area contributed by atoms with E-state index in [4.69, 9.17) is 4.52 Å². The molecule has 0 radical (unpaired) electrons. The average molecular weight is 328 g/mol. The Bertz CT molecular complexity index is 530. The molecule has 0 aliphatic heterocycles. The van der Waals surface area contributed by atoms with Crippen LogP contribution in [-0.2, 0) is 14.4 Å². The first-order chi connectivity index (χ1) is 10.4. The van der Waals surface area contributed by atoms with Gasteiger partial charge in [-0.3, -0.25) is 25.2 Å². The lowest BCUT2D eigenvalue weighted by Crippen LogP contribution is -2.43. The number of aryl methyl sites for hydroxylation is 1. The molecule has 1 aromatic heterocycles. The molecule has 3 amide bonds. The molecular weight excluding hydrogens is 308 g/mol. The summed E-state index contributed by atoms with van der Waals surface area (Å²) < 4.78 is 4.81. The molecule has 0 atom stereocenters. The standard InChI is InChI=1S/C13H20N4O4S/c1-8(2)4-11(18)15-16-13(20)7-22-6-12(19)14-10-5-9(3)21-17-10/h5,8H,4,6-7H2,1-3H3,(H,15,18)(H,16,20)(H,14,17,19). The zero-order valence-electron chi connectivity index (χ0n) is 12.8. The summed E-state index contributed by atoms with van der Waals surface area (Å²) in [6.45, 7) is 5.54. The van der Waals surface area contributed by atoms with Crippen molar-refractivity contribution < 1.29 is 18.9 Å². The predicted molar refractivity (Wildman–Crippen MR) is 82.9 cm³/mol. The fraction of sp³-hybridized carbons (Fsp3) is 0.538. The van der Waals surface area contributed by atoms with Gasteiger partial charge in [-0.1, -0.05) is 19.0 Å². The van der Waals surface area contributed by atoms with Crippen LogP contribution in [-0.4, -0.2) is 34.4 Å². The number of carbonyl (C=O) groups is 3. The smallest absolute Gasteiger partial charge is 0.248 e. The number of carbonyl (C=O) groups excluding carboxylic acids is 3. The predicted octanol–water partition coefficient (Wildman–Crippen LogP) is 0.848. The topological polar surface area (TPSA) is 113 Å². The molecule has 122 valence electrons. The summed E-state index contributed by atoms with van der Waals surface area (Å²) in [6, 6.07) is 1.60. The highest BCUT2D eigenvalue weighted by atomic mass is 32.2. The molecule has 0 saturated carbocycles. The van der Waals surface area contributed by atoms with Crippen LogP contribution in [0.3, 0.4) is 0 Å². The van der Waals surface area contributed by atoms with Gasteiger partial charge in [-0.15, -0.1) is 11.8 Å². The second kappa shape index (κ2) is 9.08. The van der Waals surface area contributed by atoms with Crippen LogP contribution in [0.2, 0.25) is 0 Å². The number of rotatable bonds is 7. The summed E-state index contributed by atoms with van der Waals surface area (Å²) in [6.07, 6.45) is 0.340. The number of nitrogens with zero attached hydrogens (tertiary/aromatic N) is 1. The molecule has 0 unspecified atom stereocenters. The number of amides is 3. The Hall–Kier alpha value is -2.03. The van der Waals surface area contributed by atoms with Crippen molar-refractivity contribution in [1.29, 1.82) is 0 Å². The van der Waals surface area contributed by atoms with Gasteiger partial charge in [-0.05, 0) is 12.8 Å². The Kier molecular flexibility index (Phi) is 7.44. The number of hydrogen-bond acceptors (Lipinski definition) is 6. The molecule has 1 aromatic rings. The lowest BCUT2D eigenvalue weighted by molar-refractivity contribution is -0.128. The molecule has 0 aliphatic carbocycles. The van der Waals surface area contributed by atoms with E-state index < -0.39 is 0 Å². The number of hydrazine groups is 1. The molecule has 0 spiro atoms. The first kappa shape index (κ1) is 18.0. The molecule has 3 N–H and O–H groups in total. The van der Waals surface area contributed by atoms with Gasteiger partial charge in [-0.25, -0.2) is 0 Å². The summed E-state index contributed by atoms with van der Waals surface area (Å²) in [5.74, 6) is 0.421. The monoisotopic (exact) mass is 328 g/mol. The fourth-order valence-corrected chi connectivity index (χ4v) is 2.06. The Morgan fingerprint density at radius 1 is 1.18 bits per heavy atom. The van der Waals surface area contributed by atoms with Crippen molar-refractivity contribution in [1.82, 2.24) is 16.0 Å². The van der Waals surface area contributed by atoms with Crippen molar-refractivity contribution in [3.8, 4) is 0 Å². The zero-order chi connectivity index (χ0) is 16.5. The summed E-state index contributed by atoms with van der Waals surface area (Å²) in [5.41, 5.74) is 4.62. The summed E-state index contributed by atoms with van der Waals surface area (Å²) in [4.78, 5) is 34.4. The fourth-order valence-electron chi connectivity index (χ4n) is 1.44. The van der Waals surface area contributed by atoms with Crippen molar-refractivity contribution in [2.75, 3.05) is 16.8 Å². The Morgan fingerprint density at radius 3 is 2.41 bits per heavy atom. The van der Waals surface area contributed by atoms with Gasteiger partial charge in [0.2, 0.25) is 17.7 Å². The number of hydrogen-bond donors (Lipinski definition) is 3. The summed E-state index contributed by atoms with van der Waals surface area (Å²) in [7, 11) is 0. The van der Waals surface area contributed by atoms with Crippen LogP contribution in [0.15, 0.2) is 10.6 Å². The molecule has 1 rings (SSSR count). The Morgan fingerprint density at radius 2 is 1.82 bits per heavy atom. The average Bonchev–Trinajstić information content (AvgIpc) is 2.81. The molecule has 0 aliphatic rings. The minimum absolute atomic E-state index is 0.0627. The third-order valence-electron chi connectivity index (χ3n) is 2.30. The Balaban J connectivity index is 2.14. The molecular formula is C13H20N4O4S. The minimum Gasteiger partial charge on any atom is -0.360 e.